The van der Waals surface area contributed by atoms with E-state index in [-0.39, 0.29) is 6.04 Å². The van der Waals surface area contributed by atoms with Crippen molar-refractivity contribution >= 4 is 12.1 Å². The number of carbonyl (C=O) groups excluding carboxylic acids is 2. The quantitative estimate of drug-likeness (QED) is 0.740. The molecule has 0 saturated carbocycles. The van der Waals surface area contributed by atoms with E-state index >= 15 is 0 Å². The second kappa shape index (κ2) is 6.92. The minimum atomic E-state index is -0.601. The van der Waals surface area contributed by atoms with Crippen LogP contribution in [0.4, 0.5) is 4.79 Å². The van der Waals surface area contributed by atoms with Crippen molar-refractivity contribution in [3.63, 3.8) is 0 Å². The van der Waals surface area contributed by atoms with Gasteiger partial charge >= 0.3 is 12.1 Å². The Hall–Kier alpha value is -1.30. The van der Waals surface area contributed by atoms with Gasteiger partial charge in [-0.1, -0.05) is 0 Å². The van der Waals surface area contributed by atoms with Crippen molar-refractivity contribution in [2.24, 2.45) is 0 Å². The summed E-state index contributed by atoms with van der Waals surface area (Å²) >= 11 is 0. The molecule has 0 N–H and O–H groups in total. The molecule has 0 bridgehead atoms. The zero-order valence-electron chi connectivity index (χ0n) is 13.0. The van der Waals surface area contributed by atoms with Crippen molar-refractivity contribution in [2.75, 3.05) is 20.3 Å². The predicted octanol–water partition coefficient (Wildman–Crippen LogP) is 1.96. The molecule has 0 unspecified atom stereocenters. The average molecular weight is 287 g/mol. The summed E-state index contributed by atoms with van der Waals surface area (Å²) in [5.74, 6) is -0.408. The Labute approximate surface area is 120 Å². The molecule has 0 aromatic rings. The van der Waals surface area contributed by atoms with Crippen LogP contribution in [-0.2, 0) is 19.0 Å². The normalized spacial score (nSPS) is 22.8. The molecule has 116 valence electrons. The molecule has 20 heavy (non-hydrogen) atoms. The molecule has 1 heterocycles. The Kier molecular flexibility index (Phi) is 5.80. The summed E-state index contributed by atoms with van der Waals surface area (Å²) in [6, 6.07) is -0.728. The number of methoxy groups -OCH3 is 1. The van der Waals surface area contributed by atoms with Gasteiger partial charge in [-0.15, -0.1) is 0 Å². The van der Waals surface area contributed by atoms with E-state index in [4.69, 9.17) is 14.2 Å². The van der Waals surface area contributed by atoms with Crippen molar-refractivity contribution < 1.29 is 23.8 Å². The Morgan fingerprint density at radius 2 is 1.90 bits per heavy atom. The summed E-state index contributed by atoms with van der Waals surface area (Å²) in [7, 11) is 1.32. The van der Waals surface area contributed by atoms with E-state index in [1.54, 1.807) is 20.8 Å². The summed E-state index contributed by atoms with van der Waals surface area (Å²) in [5.41, 5.74) is -0.601. The number of hydrogen-bond acceptors (Lipinski definition) is 5. The number of esters is 1. The van der Waals surface area contributed by atoms with Gasteiger partial charge in [-0.25, -0.2) is 9.59 Å². The van der Waals surface area contributed by atoms with E-state index in [1.807, 2.05) is 6.92 Å². The van der Waals surface area contributed by atoms with E-state index in [9.17, 15) is 9.59 Å². The third-order valence-corrected chi connectivity index (χ3v) is 3.09. The minimum Gasteiger partial charge on any atom is -0.467 e. The first-order valence-electron chi connectivity index (χ1n) is 6.97. The summed E-state index contributed by atoms with van der Waals surface area (Å²) in [6.45, 7) is 8.26. The lowest BCUT2D eigenvalue weighted by molar-refractivity contribution is -0.146. The van der Waals surface area contributed by atoms with Gasteiger partial charge in [0.15, 0.2) is 0 Å². The highest BCUT2D eigenvalue weighted by Gasteiger charge is 2.43. The first kappa shape index (κ1) is 16.8. The lowest BCUT2D eigenvalue weighted by atomic mass is 10.2. The van der Waals surface area contributed by atoms with Crippen LogP contribution in [0.5, 0.6) is 0 Å². The smallest absolute Gasteiger partial charge is 0.411 e. The fourth-order valence-corrected chi connectivity index (χ4v) is 2.26. The van der Waals surface area contributed by atoms with Crippen molar-refractivity contribution in [1.82, 2.24) is 4.90 Å². The van der Waals surface area contributed by atoms with Crippen LogP contribution in [-0.4, -0.2) is 55.0 Å². The van der Waals surface area contributed by atoms with Gasteiger partial charge in [-0.3, -0.25) is 4.90 Å². The molecule has 0 spiro atoms. The second-order valence-corrected chi connectivity index (χ2v) is 5.82. The van der Waals surface area contributed by atoms with E-state index < -0.39 is 23.7 Å². The molecular weight excluding hydrogens is 262 g/mol. The molecule has 1 saturated heterocycles. The lowest BCUT2D eigenvalue weighted by Gasteiger charge is -2.31. The highest BCUT2D eigenvalue weighted by Crippen LogP contribution is 2.27. The number of nitrogens with zero attached hydrogens (tertiary/aromatic N) is 1. The van der Waals surface area contributed by atoms with Crippen molar-refractivity contribution in [3.05, 3.63) is 0 Å². The van der Waals surface area contributed by atoms with Gasteiger partial charge in [0.1, 0.15) is 11.6 Å². The van der Waals surface area contributed by atoms with Crippen LogP contribution in [0.1, 0.15) is 40.5 Å². The number of rotatable bonds is 4. The van der Waals surface area contributed by atoms with Crippen LogP contribution in [0.25, 0.3) is 0 Å². The fourth-order valence-electron chi connectivity index (χ4n) is 2.26. The third kappa shape index (κ3) is 4.37. The van der Waals surface area contributed by atoms with Crippen LogP contribution in [0.2, 0.25) is 0 Å². The number of likely N-dealkylation sites (tertiary alicyclic amines) is 1. The SMILES string of the molecule is CCOC[C@@H]1CC[C@@H](C(=O)OC)N1C(=O)OC(C)(C)C. The zero-order chi connectivity index (χ0) is 15.3. The molecule has 2 atom stereocenters. The maximum atomic E-state index is 12.3. The molecule has 6 nitrogen and oxygen atoms in total. The highest BCUT2D eigenvalue weighted by molar-refractivity contribution is 5.82. The minimum absolute atomic E-state index is 0.145. The van der Waals surface area contributed by atoms with Gasteiger partial charge < -0.3 is 14.2 Å². The van der Waals surface area contributed by atoms with Gasteiger partial charge in [0.25, 0.3) is 0 Å². The zero-order valence-corrected chi connectivity index (χ0v) is 13.0. The van der Waals surface area contributed by atoms with E-state index in [0.717, 1.165) is 0 Å². The van der Waals surface area contributed by atoms with Crippen molar-refractivity contribution in [2.45, 2.75) is 58.2 Å². The Morgan fingerprint density at radius 1 is 1.25 bits per heavy atom. The summed E-state index contributed by atoms with van der Waals surface area (Å²) in [5, 5.41) is 0. The van der Waals surface area contributed by atoms with Gasteiger partial charge in [0.2, 0.25) is 0 Å². The molecule has 0 aromatic heterocycles. The van der Waals surface area contributed by atoms with Crippen LogP contribution in [0.3, 0.4) is 0 Å². The van der Waals surface area contributed by atoms with Gasteiger partial charge in [-0.2, -0.15) is 0 Å². The van der Waals surface area contributed by atoms with Gasteiger partial charge in [-0.05, 0) is 40.5 Å². The van der Waals surface area contributed by atoms with Crippen LogP contribution < -0.4 is 0 Å². The van der Waals surface area contributed by atoms with E-state index in [0.29, 0.717) is 26.1 Å². The monoisotopic (exact) mass is 287 g/mol. The summed E-state index contributed by atoms with van der Waals surface area (Å²) < 4.78 is 15.5. The molecule has 1 aliphatic rings. The van der Waals surface area contributed by atoms with E-state index in [2.05, 4.69) is 0 Å². The molecule has 0 radical (unpaired) electrons. The second-order valence-electron chi connectivity index (χ2n) is 5.82. The average Bonchev–Trinajstić information content (AvgIpc) is 2.77. The number of ether oxygens (including phenoxy) is 3. The molecular formula is C14H25NO5. The molecule has 1 rings (SSSR count). The topological polar surface area (TPSA) is 65.1 Å². The van der Waals surface area contributed by atoms with Gasteiger partial charge in [0.05, 0.1) is 19.8 Å². The maximum absolute atomic E-state index is 12.3. The number of hydrogen-bond donors (Lipinski definition) is 0. The van der Waals surface area contributed by atoms with Crippen LogP contribution in [0.15, 0.2) is 0 Å². The van der Waals surface area contributed by atoms with Crippen molar-refractivity contribution in [1.29, 1.82) is 0 Å². The highest BCUT2D eigenvalue weighted by atomic mass is 16.6. The Bertz CT molecular complexity index is 350. The Morgan fingerprint density at radius 3 is 2.40 bits per heavy atom. The molecule has 1 fully saturated rings. The molecule has 6 heteroatoms. The first-order chi connectivity index (χ1) is 9.30. The molecule has 0 aromatic carbocycles. The lowest BCUT2D eigenvalue weighted by Crippen LogP contribution is -2.48. The number of amides is 1. The largest absolute Gasteiger partial charge is 0.467 e. The first-order valence-corrected chi connectivity index (χ1v) is 6.97. The number of carbonyl (C=O) groups is 2. The fraction of sp³-hybridized carbons (Fsp3) is 0.857. The third-order valence-electron chi connectivity index (χ3n) is 3.09. The Balaban J connectivity index is 2.83. The van der Waals surface area contributed by atoms with Crippen LogP contribution >= 0.6 is 0 Å². The molecule has 0 aliphatic carbocycles. The maximum Gasteiger partial charge on any atom is 0.411 e. The molecule has 1 amide bonds. The summed E-state index contributed by atoms with van der Waals surface area (Å²) in [4.78, 5) is 25.6. The van der Waals surface area contributed by atoms with Crippen molar-refractivity contribution in [3.8, 4) is 0 Å². The standard InChI is InChI=1S/C14H25NO5/c1-6-19-9-10-7-8-11(12(16)18-5)15(10)13(17)20-14(2,3)4/h10-11H,6-9H2,1-5H3/t10-,11-/m0/s1. The van der Waals surface area contributed by atoms with E-state index in [1.165, 1.54) is 12.0 Å². The van der Waals surface area contributed by atoms with Gasteiger partial charge in [0, 0.05) is 6.61 Å². The van der Waals surface area contributed by atoms with Crippen LogP contribution in [0, 0.1) is 0 Å². The predicted molar refractivity (Wildman–Crippen MR) is 73.4 cm³/mol. The summed E-state index contributed by atoms with van der Waals surface area (Å²) in [6.07, 6.45) is 0.790. The molecule has 1 aliphatic heterocycles.